The number of hydrogen-bond acceptors (Lipinski definition) is 6. The maximum Gasteiger partial charge on any atom is 0.250 e. The van der Waals surface area contributed by atoms with Crippen LogP contribution >= 0.6 is 11.3 Å². The lowest BCUT2D eigenvalue weighted by molar-refractivity contribution is 0.585. The van der Waals surface area contributed by atoms with Gasteiger partial charge in [-0.25, -0.2) is 23.1 Å². The zero-order valence-electron chi connectivity index (χ0n) is 13.4. The maximum absolute atomic E-state index is 12.1. The van der Waals surface area contributed by atoms with E-state index in [0.717, 1.165) is 21.6 Å². The zero-order chi connectivity index (χ0) is 17.2. The molecule has 0 radical (unpaired) electrons. The normalized spacial score (nSPS) is 11.8. The van der Waals surface area contributed by atoms with Crippen molar-refractivity contribution in [2.75, 3.05) is 18.4 Å². The first kappa shape index (κ1) is 16.8. The van der Waals surface area contributed by atoms with Crippen LogP contribution in [0.2, 0.25) is 0 Å². The van der Waals surface area contributed by atoms with Crippen molar-refractivity contribution in [3.05, 3.63) is 47.0 Å². The number of anilines is 1. The second-order valence-corrected chi connectivity index (χ2v) is 8.62. The van der Waals surface area contributed by atoms with Gasteiger partial charge in [0.2, 0.25) is 10.0 Å². The van der Waals surface area contributed by atoms with Crippen LogP contribution < -0.4 is 10.0 Å². The molecule has 24 heavy (non-hydrogen) atoms. The minimum absolute atomic E-state index is 0.271. The van der Waals surface area contributed by atoms with Crippen LogP contribution in [-0.2, 0) is 10.0 Å². The molecule has 0 fully saturated rings. The van der Waals surface area contributed by atoms with Crippen molar-refractivity contribution >= 4 is 38.2 Å². The zero-order valence-corrected chi connectivity index (χ0v) is 15.0. The van der Waals surface area contributed by atoms with Crippen LogP contribution in [0.5, 0.6) is 0 Å². The van der Waals surface area contributed by atoms with E-state index in [-0.39, 0.29) is 6.54 Å². The molecule has 0 saturated carbocycles. The topological polar surface area (TPSA) is 84.0 Å². The van der Waals surface area contributed by atoms with E-state index < -0.39 is 10.0 Å². The smallest absolute Gasteiger partial charge is 0.250 e. The van der Waals surface area contributed by atoms with Crippen molar-refractivity contribution in [2.45, 2.75) is 18.1 Å². The number of sulfonamides is 1. The molecule has 3 aromatic rings. The SMILES string of the molecule is Cc1ccc(S(=O)(=O)NCCNc2nc3ccccc3nc2C)s1. The Morgan fingerprint density at radius 3 is 2.38 bits per heavy atom. The number of aromatic nitrogens is 2. The Bertz CT molecular complexity index is 967. The third kappa shape index (κ3) is 3.72. The predicted molar refractivity (Wildman–Crippen MR) is 97.0 cm³/mol. The molecule has 0 atom stereocenters. The highest BCUT2D eigenvalue weighted by Gasteiger charge is 2.15. The van der Waals surface area contributed by atoms with Crippen LogP contribution in [0.3, 0.4) is 0 Å². The fourth-order valence-corrected chi connectivity index (χ4v) is 4.61. The highest BCUT2D eigenvalue weighted by molar-refractivity contribution is 7.91. The maximum atomic E-state index is 12.1. The Morgan fingerprint density at radius 2 is 1.71 bits per heavy atom. The van der Waals surface area contributed by atoms with Gasteiger partial charge in [0.15, 0.2) is 0 Å². The molecular weight excluding hydrogens is 344 g/mol. The van der Waals surface area contributed by atoms with Gasteiger partial charge in [0.05, 0.1) is 16.7 Å². The number of para-hydroxylation sites is 2. The van der Waals surface area contributed by atoms with Gasteiger partial charge in [0, 0.05) is 18.0 Å². The monoisotopic (exact) mass is 362 g/mol. The van der Waals surface area contributed by atoms with E-state index in [1.807, 2.05) is 38.1 Å². The molecule has 0 aliphatic carbocycles. The van der Waals surface area contributed by atoms with E-state index >= 15 is 0 Å². The molecule has 0 amide bonds. The Labute approximate surface area is 145 Å². The lowest BCUT2D eigenvalue weighted by Crippen LogP contribution is -2.28. The van der Waals surface area contributed by atoms with Crippen LogP contribution in [0.1, 0.15) is 10.6 Å². The van der Waals surface area contributed by atoms with Gasteiger partial charge in [-0.1, -0.05) is 12.1 Å². The van der Waals surface area contributed by atoms with Crippen LogP contribution in [0.15, 0.2) is 40.6 Å². The number of nitrogens with zero attached hydrogens (tertiary/aromatic N) is 2. The van der Waals surface area contributed by atoms with Gasteiger partial charge in [-0.2, -0.15) is 0 Å². The third-order valence-electron chi connectivity index (χ3n) is 3.43. The highest BCUT2D eigenvalue weighted by atomic mass is 32.2. The van der Waals surface area contributed by atoms with Crippen LogP contribution in [-0.4, -0.2) is 31.5 Å². The van der Waals surface area contributed by atoms with E-state index in [1.54, 1.807) is 12.1 Å². The number of rotatable bonds is 6. The number of thiophene rings is 1. The summed E-state index contributed by atoms with van der Waals surface area (Å²) < 4.78 is 27.2. The minimum Gasteiger partial charge on any atom is -0.367 e. The van der Waals surface area contributed by atoms with Gasteiger partial charge >= 0.3 is 0 Å². The summed E-state index contributed by atoms with van der Waals surface area (Å²) in [5, 5.41) is 3.14. The quantitative estimate of drug-likeness (QED) is 0.659. The first-order valence-corrected chi connectivity index (χ1v) is 9.79. The summed E-state index contributed by atoms with van der Waals surface area (Å²) in [6.45, 7) is 4.46. The molecule has 0 spiro atoms. The average molecular weight is 362 g/mol. The van der Waals surface area contributed by atoms with Gasteiger partial charge < -0.3 is 5.32 Å². The molecule has 126 valence electrons. The van der Waals surface area contributed by atoms with Crippen LogP contribution in [0.25, 0.3) is 11.0 Å². The lowest BCUT2D eigenvalue weighted by atomic mass is 10.3. The summed E-state index contributed by atoms with van der Waals surface area (Å²) in [6, 6.07) is 11.1. The molecule has 1 aromatic carbocycles. The molecule has 0 aliphatic rings. The molecule has 3 rings (SSSR count). The molecule has 2 heterocycles. The van der Waals surface area contributed by atoms with E-state index in [2.05, 4.69) is 20.0 Å². The molecule has 6 nitrogen and oxygen atoms in total. The molecule has 0 unspecified atom stereocenters. The Kier molecular flexibility index (Phi) is 4.79. The summed E-state index contributed by atoms with van der Waals surface area (Å²) in [7, 11) is -3.45. The lowest BCUT2D eigenvalue weighted by Gasteiger charge is -2.10. The summed E-state index contributed by atoms with van der Waals surface area (Å²) >= 11 is 1.26. The Morgan fingerprint density at radius 1 is 1.00 bits per heavy atom. The van der Waals surface area contributed by atoms with Gasteiger partial charge in [0.1, 0.15) is 10.0 Å². The first-order valence-electron chi connectivity index (χ1n) is 7.49. The van der Waals surface area contributed by atoms with Gasteiger partial charge in [-0.15, -0.1) is 11.3 Å². The summed E-state index contributed by atoms with van der Waals surface area (Å²) in [6.07, 6.45) is 0. The Hall–Kier alpha value is -2.03. The van der Waals surface area contributed by atoms with Crippen molar-refractivity contribution in [2.24, 2.45) is 0 Å². The second-order valence-electron chi connectivity index (χ2n) is 5.34. The molecule has 2 aromatic heterocycles. The molecule has 0 bridgehead atoms. The third-order valence-corrected chi connectivity index (χ3v) is 6.39. The average Bonchev–Trinajstić information content (AvgIpc) is 2.99. The van der Waals surface area contributed by atoms with Gasteiger partial charge in [-0.05, 0) is 38.1 Å². The van der Waals surface area contributed by atoms with E-state index in [1.165, 1.54) is 11.3 Å². The largest absolute Gasteiger partial charge is 0.367 e. The van der Waals surface area contributed by atoms with Gasteiger partial charge in [0.25, 0.3) is 0 Å². The molecule has 0 saturated heterocycles. The minimum atomic E-state index is -3.45. The predicted octanol–water partition coefficient (Wildman–Crippen LogP) is 2.70. The number of benzene rings is 1. The number of nitrogens with one attached hydrogen (secondary N) is 2. The summed E-state index contributed by atoms with van der Waals surface area (Å²) in [4.78, 5) is 9.98. The van der Waals surface area contributed by atoms with Crippen molar-refractivity contribution in [3.63, 3.8) is 0 Å². The Balaban J connectivity index is 1.61. The van der Waals surface area contributed by atoms with Crippen molar-refractivity contribution < 1.29 is 8.42 Å². The van der Waals surface area contributed by atoms with Crippen LogP contribution in [0, 0.1) is 13.8 Å². The molecular formula is C16H18N4O2S2. The van der Waals surface area contributed by atoms with Crippen LogP contribution in [0.4, 0.5) is 5.82 Å². The fraction of sp³-hybridized carbons (Fsp3) is 0.250. The summed E-state index contributed by atoms with van der Waals surface area (Å²) in [5.41, 5.74) is 2.43. The standard InChI is InChI=1S/C16H18N4O2S2/c1-11-7-8-15(23-11)24(21,22)18-10-9-17-16-12(2)19-13-5-3-4-6-14(13)20-16/h3-8,18H,9-10H2,1-2H3,(H,17,20). The van der Waals surface area contributed by atoms with Crippen molar-refractivity contribution in [1.82, 2.24) is 14.7 Å². The van der Waals surface area contributed by atoms with Crippen molar-refractivity contribution in [1.29, 1.82) is 0 Å². The van der Waals surface area contributed by atoms with E-state index in [0.29, 0.717) is 16.6 Å². The fourth-order valence-electron chi connectivity index (χ4n) is 2.25. The number of aryl methyl sites for hydroxylation is 2. The first-order chi connectivity index (χ1) is 11.5. The number of hydrogen-bond donors (Lipinski definition) is 2. The van der Waals surface area contributed by atoms with Crippen molar-refractivity contribution in [3.8, 4) is 0 Å². The molecule has 2 N–H and O–H groups in total. The summed E-state index contributed by atoms with van der Waals surface area (Å²) in [5.74, 6) is 0.667. The van der Waals surface area contributed by atoms with Gasteiger partial charge in [-0.3, -0.25) is 0 Å². The second kappa shape index (κ2) is 6.84. The van der Waals surface area contributed by atoms with E-state index in [4.69, 9.17) is 0 Å². The molecule has 0 aliphatic heterocycles. The highest BCUT2D eigenvalue weighted by Crippen LogP contribution is 2.20. The molecule has 8 heteroatoms. The number of fused-ring (bicyclic) bond motifs is 1. The van der Waals surface area contributed by atoms with E-state index in [9.17, 15) is 8.42 Å².